The summed E-state index contributed by atoms with van der Waals surface area (Å²) >= 11 is 0. The van der Waals surface area contributed by atoms with Crippen LogP contribution >= 0.6 is 0 Å². The van der Waals surface area contributed by atoms with Gasteiger partial charge in [-0.2, -0.15) is 5.26 Å². The minimum atomic E-state index is -3.54. The second-order valence-electron chi connectivity index (χ2n) is 4.34. The first-order chi connectivity index (χ1) is 10.0. The Morgan fingerprint density at radius 1 is 1.14 bits per heavy atom. The summed E-state index contributed by atoms with van der Waals surface area (Å²) in [4.78, 5) is 0. The van der Waals surface area contributed by atoms with E-state index in [-0.39, 0.29) is 5.09 Å². The average molecular weight is 305 g/mol. The molecule has 7 heteroatoms. The second kappa shape index (κ2) is 6.54. The van der Waals surface area contributed by atoms with Gasteiger partial charge in [-0.1, -0.05) is 12.1 Å². The maximum Gasteiger partial charge on any atom is 0.273 e. The Morgan fingerprint density at radius 2 is 1.86 bits per heavy atom. The van der Waals surface area contributed by atoms with Gasteiger partial charge >= 0.3 is 0 Å². The van der Waals surface area contributed by atoms with Crippen molar-refractivity contribution in [3.63, 3.8) is 0 Å². The van der Waals surface area contributed by atoms with Gasteiger partial charge in [0.25, 0.3) is 10.0 Å². The molecule has 0 unspecified atom stereocenters. The Kier molecular flexibility index (Phi) is 4.75. The van der Waals surface area contributed by atoms with Gasteiger partial charge in [0.15, 0.2) is 0 Å². The highest BCUT2D eigenvalue weighted by molar-refractivity contribution is 7.89. The van der Waals surface area contributed by atoms with Crippen LogP contribution in [-0.2, 0) is 23.1 Å². The van der Waals surface area contributed by atoms with E-state index >= 15 is 0 Å². The number of rotatable bonds is 6. The van der Waals surface area contributed by atoms with E-state index in [4.69, 9.17) is 9.68 Å². The summed E-state index contributed by atoms with van der Waals surface area (Å²) in [6, 6.07) is 12.3. The van der Waals surface area contributed by atoms with Gasteiger partial charge in [0.1, 0.15) is 5.76 Å². The van der Waals surface area contributed by atoms with Crippen molar-refractivity contribution >= 4 is 10.0 Å². The summed E-state index contributed by atoms with van der Waals surface area (Å²) in [6.07, 6.45) is 0. The van der Waals surface area contributed by atoms with Crippen LogP contribution in [0.1, 0.15) is 16.9 Å². The molecule has 0 aliphatic heterocycles. The molecule has 0 atom stereocenters. The van der Waals surface area contributed by atoms with Crippen LogP contribution in [0.15, 0.2) is 45.9 Å². The number of hydrogen-bond acceptors (Lipinski definition) is 5. The molecule has 6 nitrogen and oxygen atoms in total. The molecule has 0 radical (unpaired) electrons. The van der Waals surface area contributed by atoms with Crippen molar-refractivity contribution in [2.45, 2.75) is 18.2 Å². The summed E-state index contributed by atoms with van der Waals surface area (Å²) in [5.74, 6) is 0.539. The maximum atomic E-state index is 11.5. The molecule has 0 fully saturated rings. The number of nitrogens with zero attached hydrogens (tertiary/aromatic N) is 1. The SMILES string of the molecule is CNS(=O)(=O)c1ccc(CNCc2ccc(C#N)cc2)o1. The number of benzene rings is 1. The molecule has 21 heavy (non-hydrogen) atoms. The zero-order chi connectivity index (χ0) is 15.3. The molecule has 0 aliphatic carbocycles. The van der Waals surface area contributed by atoms with Gasteiger partial charge in [-0.15, -0.1) is 0 Å². The average Bonchev–Trinajstić information content (AvgIpc) is 2.98. The highest BCUT2D eigenvalue weighted by Gasteiger charge is 2.15. The van der Waals surface area contributed by atoms with Crippen LogP contribution in [-0.4, -0.2) is 15.5 Å². The molecule has 0 saturated carbocycles. The van der Waals surface area contributed by atoms with E-state index in [0.717, 1.165) is 5.56 Å². The van der Waals surface area contributed by atoms with Gasteiger partial charge in [-0.3, -0.25) is 0 Å². The lowest BCUT2D eigenvalue weighted by molar-refractivity contribution is 0.400. The van der Waals surface area contributed by atoms with Crippen LogP contribution in [0.25, 0.3) is 0 Å². The highest BCUT2D eigenvalue weighted by Crippen LogP contribution is 2.13. The molecule has 1 aromatic carbocycles. The smallest absolute Gasteiger partial charge is 0.273 e. The van der Waals surface area contributed by atoms with E-state index < -0.39 is 10.0 Å². The minimum absolute atomic E-state index is 0.0971. The fourth-order valence-corrected chi connectivity index (χ4v) is 2.39. The lowest BCUT2D eigenvalue weighted by Crippen LogP contribution is -2.17. The molecule has 0 spiro atoms. The van der Waals surface area contributed by atoms with Crippen LogP contribution < -0.4 is 10.0 Å². The minimum Gasteiger partial charge on any atom is -0.447 e. The summed E-state index contributed by atoms with van der Waals surface area (Å²) < 4.78 is 30.5. The van der Waals surface area contributed by atoms with E-state index in [2.05, 4.69) is 16.1 Å². The summed E-state index contributed by atoms with van der Waals surface area (Å²) in [5.41, 5.74) is 1.65. The molecule has 0 bridgehead atoms. The number of sulfonamides is 1. The van der Waals surface area contributed by atoms with Crippen molar-refractivity contribution in [1.82, 2.24) is 10.0 Å². The molecule has 2 rings (SSSR count). The van der Waals surface area contributed by atoms with Crippen LogP contribution in [0, 0.1) is 11.3 Å². The molecule has 1 aromatic heterocycles. The van der Waals surface area contributed by atoms with Gasteiger partial charge in [0, 0.05) is 6.54 Å². The maximum absolute atomic E-state index is 11.5. The van der Waals surface area contributed by atoms with Gasteiger partial charge in [-0.05, 0) is 36.9 Å². The molecule has 110 valence electrons. The molecule has 1 heterocycles. The third-order valence-electron chi connectivity index (χ3n) is 2.88. The van der Waals surface area contributed by atoms with E-state index in [1.807, 2.05) is 12.1 Å². The number of nitrogens with one attached hydrogen (secondary N) is 2. The monoisotopic (exact) mass is 305 g/mol. The zero-order valence-electron chi connectivity index (χ0n) is 11.5. The molecule has 2 N–H and O–H groups in total. The molecular weight excluding hydrogens is 290 g/mol. The Balaban J connectivity index is 1.90. The summed E-state index contributed by atoms with van der Waals surface area (Å²) in [6.45, 7) is 1.01. The molecular formula is C14H15N3O3S. The number of hydrogen-bond donors (Lipinski definition) is 2. The third-order valence-corrected chi connectivity index (χ3v) is 4.17. The largest absolute Gasteiger partial charge is 0.447 e. The number of nitriles is 1. The van der Waals surface area contributed by atoms with Crippen molar-refractivity contribution in [3.05, 3.63) is 53.3 Å². The van der Waals surface area contributed by atoms with Crippen LogP contribution in [0.5, 0.6) is 0 Å². The first kappa shape index (κ1) is 15.3. The lowest BCUT2D eigenvalue weighted by atomic mass is 10.1. The topological polar surface area (TPSA) is 95.1 Å². The van der Waals surface area contributed by atoms with Gasteiger partial charge in [-0.25, -0.2) is 13.1 Å². The Hall–Kier alpha value is -2.14. The van der Waals surface area contributed by atoms with Crippen LogP contribution in [0.2, 0.25) is 0 Å². The summed E-state index contributed by atoms with van der Waals surface area (Å²) in [7, 11) is -2.20. The third kappa shape index (κ3) is 3.92. The predicted octanol–water partition coefficient (Wildman–Crippen LogP) is 1.35. The predicted molar refractivity (Wildman–Crippen MR) is 76.7 cm³/mol. The van der Waals surface area contributed by atoms with E-state index in [1.165, 1.54) is 13.1 Å². The quantitative estimate of drug-likeness (QED) is 0.840. The van der Waals surface area contributed by atoms with E-state index in [0.29, 0.717) is 24.4 Å². The van der Waals surface area contributed by atoms with Gasteiger partial charge < -0.3 is 9.73 Å². The van der Waals surface area contributed by atoms with Crippen molar-refractivity contribution < 1.29 is 12.8 Å². The van der Waals surface area contributed by atoms with Crippen molar-refractivity contribution in [2.24, 2.45) is 0 Å². The molecule has 2 aromatic rings. The van der Waals surface area contributed by atoms with Gasteiger partial charge in [0.2, 0.25) is 5.09 Å². The first-order valence-electron chi connectivity index (χ1n) is 6.27. The van der Waals surface area contributed by atoms with Crippen LogP contribution in [0.4, 0.5) is 0 Å². The summed E-state index contributed by atoms with van der Waals surface area (Å²) in [5, 5.41) is 11.8. The fraction of sp³-hybridized carbons (Fsp3) is 0.214. The Bertz CT molecular complexity index is 743. The first-order valence-corrected chi connectivity index (χ1v) is 7.75. The highest BCUT2D eigenvalue weighted by atomic mass is 32.2. The zero-order valence-corrected chi connectivity index (χ0v) is 12.3. The second-order valence-corrected chi connectivity index (χ2v) is 6.16. The Labute approximate surface area is 123 Å². The van der Waals surface area contributed by atoms with E-state index in [9.17, 15) is 8.42 Å². The molecule has 0 amide bonds. The van der Waals surface area contributed by atoms with Crippen molar-refractivity contribution in [2.75, 3.05) is 7.05 Å². The van der Waals surface area contributed by atoms with E-state index in [1.54, 1.807) is 18.2 Å². The Morgan fingerprint density at radius 3 is 2.48 bits per heavy atom. The number of furan rings is 1. The lowest BCUT2D eigenvalue weighted by Gasteiger charge is -2.03. The molecule has 0 saturated heterocycles. The van der Waals surface area contributed by atoms with Gasteiger partial charge in [0.05, 0.1) is 18.2 Å². The normalized spacial score (nSPS) is 11.2. The van der Waals surface area contributed by atoms with Crippen molar-refractivity contribution in [3.8, 4) is 6.07 Å². The molecule has 0 aliphatic rings. The fourth-order valence-electron chi connectivity index (χ4n) is 1.73. The standard InChI is InChI=1S/C14H15N3O3S/c1-16-21(18,19)14-7-6-13(20-14)10-17-9-12-4-2-11(8-15)3-5-12/h2-7,16-17H,9-10H2,1H3. The van der Waals surface area contributed by atoms with Crippen molar-refractivity contribution in [1.29, 1.82) is 5.26 Å². The van der Waals surface area contributed by atoms with Crippen LogP contribution in [0.3, 0.4) is 0 Å².